The molecule has 1 amide bonds. The number of amides is 1. The van der Waals surface area contributed by atoms with Crippen LogP contribution in [-0.4, -0.2) is 29.6 Å². The summed E-state index contributed by atoms with van der Waals surface area (Å²) in [5.41, 5.74) is 2.36. The Hall–Kier alpha value is -2.44. The third kappa shape index (κ3) is 3.75. The van der Waals surface area contributed by atoms with E-state index in [1.807, 2.05) is 42.5 Å². The molecule has 2 aromatic carbocycles. The first kappa shape index (κ1) is 18.9. The number of carbonyl (C=O) groups is 1. The lowest BCUT2D eigenvalue weighted by Crippen LogP contribution is -2.24. The number of carbonyl (C=O) groups excluding carboxylic acids is 1. The second-order valence-electron chi connectivity index (χ2n) is 6.40. The van der Waals surface area contributed by atoms with Gasteiger partial charge in [-0.05, 0) is 48.5 Å². The standard InChI is InChI=1S/C22H21N3OS2/c1-3-25-17-11-7-8-12-18(17)27-20(25)14-13-19-21(26)24(2)22(28-19)23-15-16-9-5-4-6-10-16/h4-14H,3,15H2,1-2H3/b19-13-,20-14+,23-22?. The lowest BCUT2D eigenvalue weighted by atomic mass is 10.2. The smallest absolute Gasteiger partial charge is 0.266 e. The number of aliphatic imine (C=N–C) groups is 1. The Bertz CT molecular complexity index is 982. The van der Waals surface area contributed by atoms with E-state index in [-0.39, 0.29) is 5.91 Å². The first-order chi connectivity index (χ1) is 13.7. The monoisotopic (exact) mass is 407 g/mol. The fraction of sp³-hybridized carbons (Fsp3) is 0.182. The zero-order valence-corrected chi connectivity index (χ0v) is 17.5. The van der Waals surface area contributed by atoms with Crippen molar-refractivity contribution in [1.82, 2.24) is 4.90 Å². The Morgan fingerprint density at radius 2 is 1.75 bits per heavy atom. The lowest BCUT2D eigenvalue weighted by molar-refractivity contribution is -0.121. The molecule has 0 aromatic heterocycles. The average Bonchev–Trinajstić information content (AvgIpc) is 3.23. The van der Waals surface area contributed by atoms with Gasteiger partial charge in [0.1, 0.15) is 0 Å². The Kier molecular flexibility index (Phi) is 5.59. The van der Waals surface area contributed by atoms with Crippen molar-refractivity contribution in [2.24, 2.45) is 4.99 Å². The molecular formula is C22H21N3OS2. The third-order valence-electron chi connectivity index (χ3n) is 4.57. The Morgan fingerprint density at radius 1 is 1.00 bits per heavy atom. The highest BCUT2D eigenvalue weighted by Crippen LogP contribution is 2.45. The molecule has 4 rings (SSSR count). The summed E-state index contributed by atoms with van der Waals surface area (Å²) in [5.74, 6) is -0.00257. The molecule has 0 bridgehead atoms. The van der Waals surface area contributed by atoms with Gasteiger partial charge in [-0.3, -0.25) is 14.7 Å². The third-order valence-corrected chi connectivity index (χ3v) is 6.82. The van der Waals surface area contributed by atoms with Gasteiger partial charge in [-0.25, -0.2) is 0 Å². The maximum atomic E-state index is 12.6. The van der Waals surface area contributed by atoms with Crippen LogP contribution in [0.15, 0.2) is 86.6 Å². The lowest BCUT2D eigenvalue weighted by Gasteiger charge is -2.17. The van der Waals surface area contributed by atoms with Crippen LogP contribution in [0.3, 0.4) is 0 Å². The van der Waals surface area contributed by atoms with Gasteiger partial charge in [0, 0.05) is 18.5 Å². The van der Waals surface area contributed by atoms with Gasteiger partial charge in [0.25, 0.3) is 5.91 Å². The summed E-state index contributed by atoms with van der Waals surface area (Å²) in [6, 6.07) is 18.5. The number of amidine groups is 1. The largest absolute Gasteiger partial charge is 0.335 e. The van der Waals surface area contributed by atoms with E-state index in [0.717, 1.165) is 22.3 Å². The molecule has 2 aliphatic heterocycles. The van der Waals surface area contributed by atoms with E-state index in [1.54, 1.807) is 23.7 Å². The number of anilines is 1. The van der Waals surface area contributed by atoms with Crippen LogP contribution in [0.1, 0.15) is 12.5 Å². The van der Waals surface area contributed by atoms with Crippen LogP contribution in [0.25, 0.3) is 0 Å². The van der Waals surface area contributed by atoms with Crippen molar-refractivity contribution in [1.29, 1.82) is 0 Å². The molecule has 0 radical (unpaired) electrons. The normalized spacial score (nSPS) is 20.6. The van der Waals surface area contributed by atoms with Crippen molar-refractivity contribution in [2.45, 2.75) is 18.4 Å². The highest BCUT2D eigenvalue weighted by atomic mass is 32.2. The van der Waals surface area contributed by atoms with Gasteiger partial charge in [0.15, 0.2) is 5.17 Å². The first-order valence-electron chi connectivity index (χ1n) is 9.18. The number of likely N-dealkylation sites (N-methyl/N-ethyl adjacent to an activating group) is 1. The van der Waals surface area contributed by atoms with Crippen LogP contribution < -0.4 is 4.90 Å². The molecule has 2 aliphatic rings. The summed E-state index contributed by atoms with van der Waals surface area (Å²) >= 11 is 3.18. The van der Waals surface area contributed by atoms with Gasteiger partial charge >= 0.3 is 0 Å². The predicted octanol–water partition coefficient (Wildman–Crippen LogP) is 5.11. The molecular weight excluding hydrogens is 386 g/mol. The van der Waals surface area contributed by atoms with Crippen molar-refractivity contribution in [3.63, 3.8) is 0 Å². The van der Waals surface area contributed by atoms with Crippen LogP contribution in [0.2, 0.25) is 0 Å². The minimum atomic E-state index is -0.00257. The van der Waals surface area contributed by atoms with Gasteiger partial charge < -0.3 is 4.90 Å². The summed E-state index contributed by atoms with van der Waals surface area (Å²) in [4.78, 5) is 23.1. The molecule has 0 aliphatic carbocycles. The molecule has 0 unspecified atom stereocenters. The van der Waals surface area contributed by atoms with Crippen LogP contribution >= 0.6 is 23.5 Å². The predicted molar refractivity (Wildman–Crippen MR) is 119 cm³/mol. The summed E-state index contributed by atoms with van der Waals surface area (Å²) in [7, 11) is 1.78. The Balaban J connectivity index is 1.52. The highest BCUT2D eigenvalue weighted by molar-refractivity contribution is 8.18. The molecule has 6 heteroatoms. The van der Waals surface area contributed by atoms with Crippen molar-refractivity contribution < 1.29 is 4.79 Å². The summed E-state index contributed by atoms with van der Waals surface area (Å²) in [6.07, 6.45) is 3.97. The quantitative estimate of drug-likeness (QED) is 0.660. The number of benzene rings is 2. The molecule has 1 fully saturated rings. The zero-order chi connectivity index (χ0) is 19.5. The number of hydrogen-bond acceptors (Lipinski definition) is 5. The minimum absolute atomic E-state index is 0.00257. The number of fused-ring (bicyclic) bond motifs is 1. The molecule has 142 valence electrons. The van der Waals surface area contributed by atoms with Crippen molar-refractivity contribution in [3.05, 3.63) is 82.2 Å². The van der Waals surface area contributed by atoms with Crippen molar-refractivity contribution in [2.75, 3.05) is 18.5 Å². The number of para-hydroxylation sites is 1. The number of hydrogen-bond donors (Lipinski definition) is 0. The second kappa shape index (κ2) is 8.29. The first-order valence-corrected chi connectivity index (χ1v) is 10.8. The SMILES string of the molecule is CCN1/C(=C\C=C2/SC(=NCc3ccccc3)N(C)C2=O)Sc2ccccc21. The fourth-order valence-corrected chi connectivity index (χ4v) is 5.13. The van der Waals surface area contributed by atoms with Gasteiger partial charge in [0.05, 0.1) is 22.2 Å². The fourth-order valence-electron chi connectivity index (χ4n) is 3.10. The minimum Gasteiger partial charge on any atom is -0.335 e. The van der Waals surface area contributed by atoms with Crippen LogP contribution in [0.4, 0.5) is 5.69 Å². The van der Waals surface area contributed by atoms with E-state index in [0.29, 0.717) is 11.4 Å². The van der Waals surface area contributed by atoms with E-state index in [1.165, 1.54) is 22.3 Å². The summed E-state index contributed by atoms with van der Waals surface area (Å²) < 4.78 is 0. The van der Waals surface area contributed by atoms with Gasteiger partial charge in [-0.1, -0.05) is 54.2 Å². The van der Waals surface area contributed by atoms with E-state index in [4.69, 9.17) is 0 Å². The maximum Gasteiger partial charge on any atom is 0.266 e. The van der Waals surface area contributed by atoms with E-state index < -0.39 is 0 Å². The molecule has 0 saturated carbocycles. The number of rotatable bonds is 4. The second-order valence-corrected chi connectivity index (χ2v) is 8.47. The molecule has 2 aromatic rings. The van der Waals surface area contributed by atoms with Crippen LogP contribution in [0, 0.1) is 0 Å². The number of allylic oxidation sites excluding steroid dienone is 2. The van der Waals surface area contributed by atoms with Gasteiger partial charge in [0.2, 0.25) is 0 Å². The molecule has 0 N–H and O–H groups in total. The van der Waals surface area contributed by atoms with Gasteiger partial charge in [-0.15, -0.1) is 0 Å². The molecule has 0 atom stereocenters. The topological polar surface area (TPSA) is 35.9 Å². The molecule has 2 heterocycles. The highest BCUT2D eigenvalue weighted by Gasteiger charge is 2.30. The van der Waals surface area contributed by atoms with Crippen LogP contribution in [-0.2, 0) is 11.3 Å². The van der Waals surface area contributed by atoms with E-state index in [2.05, 4.69) is 41.1 Å². The molecule has 4 nitrogen and oxygen atoms in total. The van der Waals surface area contributed by atoms with Crippen molar-refractivity contribution in [3.8, 4) is 0 Å². The number of nitrogens with zero attached hydrogens (tertiary/aromatic N) is 3. The van der Waals surface area contributed by atoms with E-state index >= 15 is 0 Å². The van der Waals surface area contributed by atoms with E-state index in [9.17, 15) is 4.79 Å². The van der Waals surface area contributed by atoms with Crippen LogP contribution in [0.5, 0.6) is 0 Å². The summed E-state index contributed by atoms with van der Waals surface area (Å²) in [5, 5.41) is 1.88. The van der Waals surface area contributed by atoms with Crippen molar-refractivity contribution >= 4 is 40.3 Å². The zero-order valence-electron chi connectivity index (χ0n) is 15.8. The van der Waals surface area contributed by atoms with Gasteiger partial charge in [-0.2, -0.15) is 0 Å². The Labute approximate surface area is 174 Å². The summed E-state index contributed by atoms with van der Waals surface area (Å²) in [6.45, 7) is 3.61. The maximum absolute atomic E-state index is 12.6. The number of thioether (sulfide) groups is 2. The Morgan fingerprint density at radius 3 is 2.54 bits per heavy atom. The molecule has 0 spiro atoms. The average molecular weight is 408 g/mol. The molecule has 28 heavy (non-hydrogen) atoms. The molecule has 1 saturated heterocycles.